The van der Waals surface area contributed by atoms with Gasteiger partial charge in [-0.05, 0) is 48.5 Å². The van der Waals surface area contributed by atoms with Crippen LogP contribution >= 0.6 is 0 Å². The fourth-order valence-corrected chi connectivity index (χ4v) is 3.94. The molecule has 1 aliphatic rings. The highest BCUT2D eigenvalue weighted by atomic mass is 16.5. The molecule has 0 unspecified atom stereocenters. The molecule has 1 fully saturated rings. The Bertz CT molecular complexity index is 1230. The Kier molecular flexibility index (Phi) is 7.90. The van der Waals surface area contributed by atoms with Crippen molar-refractivity contribution in [2.24, 2.45) is 0 Å². The number of para-hydroxylation sites is 1. The van der Waals surface area contributed by atoms with Crippen LogP contribution < -0.4 is 20.8 Å². The van der Waals surface area contributed by atoms with E-state index in [-0.39, 0.29) is 24.3 Å². The third kappa shape index (κ3) is 6.04. The number of piperazine rings is 1. The lowest BCUT2D eigenvalue weighted by Crippen LogP contribution is -2.53. The second-order valence-electron chi connectivity index (χ2n) is 8.38. The molecular formula is C27H27BN4O4. The second-order valence-corrected chi connectivity index (χ2v) is 8.38. The minimum atomic E-state index is -0.322. The van der Waals surface area contributed by atoms with E-state index in [1.54, 1.807) is 40.1 Å². The standard InChI is InChI=1S/C27H27BN4O4/c1-36-22-11-12-24(28)23(17-22)27(35)32-15-13-31(14-16-32)25(33)18-29-26(34)19-7-9-21(10-8-19)30-20-5-3-2-4-6-20/h2-12,17,30H,13-16,18H2,1H3,(H,29,34). The SMILES string of the molecule is [B]c1ccc(OC)cc1C(=O)N1CCN(C(=O)CNC(=O)c2ccc(Nc3ccccc3)cc2)CC1. The highest BCUT2D eigenvalue weighted by molar-refractivity contribution is 6.36. The summed E-state index contributed by atoms with van der Waals surface area (Å²) in [5.74, 6) is -0.160. The topological polar surface area (TPSA) is 91.0 Å². The molecule has 1 heterocycles. The molecule has 8 nitrogen and oxygen atoms in total. The van der Waals surface area contributed by atoms with Gasteiger partial charge in [-0.25, -0.2) is 0 Å². The lowest BCUT2D eigenvalue weighted by Gasteiger charge is -2.35. The first kappa shape index (κ1) is 24.8. The zero-order valence-electron chi connectivity index (χ0n) is 20.1. The number of nitrogens with zero attached hydrogens (tertiary/aromatic N) is 2. The Morgan fingerprint density at radius 2 is 1.50 bits per heavy atom. The Morgan fingerprint density at radius 1 is 0.861 bits per heavy atom. The van der Waals surface area contributed by atoms with Gasteiger partial charge in [0.1, 0.15) is 13.6 Å². The maximum Gasteiger partial charge on any atom is 0.253 e. The quantitative estimate of drug-likeness (QED) is 0.503. The van der Waals surface area contributed by atoms with Gasteiger partial charge in [-0.3, -0.25) is 14.4 Å². The Balaban J connectivity index is 1.24. The summed E-state index contributed by atoms with van der Waals surface area (Å²) in [6.07, 6.45) is 0. The molecule has 0 aliphatic carbocycles. The van der Waals surface area contributed by atoms with Crippen molar-refractivity contribution in [3.63, 3.8) is 0 Å². The zero-order chi connectivity index (χ0) is 25.5. The highest BCUT2D eigenvalue weighted by Crippen LogP contribution is 2.17. The van der Waals surface area contributed by atoms with Crippen LogP contribution in [-0.4, -0.2) is 75.2 Å². The van der Waals surface area contributed by atoms with E-state index in [0.717, 1.165) is 11.4 Å². The Hall–Kier alpha value is -4.27. The molecule has 182 valence electrons. The van der Waals surface area contributed by atoms with E-state index < -0.39 is 0 Å². The van der Waals surface area contributed by atoms with E-state index >= 15 is 0 Å². The molecule has 3 aromatic rings. The minimum Gasteiger partial charge on any atom is -0.497 e. The molecule has 1 saturated heterocycles. The smallest absolute Gasteiger partial charge is 0.253 e. The number of hydrogen-bond donors (Lipinski definition) is 2. The summed E-state index contributed by atoms with van der Waals surface area (Å²) in [6, 6.07) is 21.7. The lowest BCUT2D eigenvalue weighted by atomic mass is 9.89. The fraction of sp³-hybridized carbons (Fsp3) is 0.222. The molecule has 0 aromatic heterocycles. The number of hydrogen-bond acceptors (Lipinski definition) is 5. The molecule has 0 spiro atoms. The third-order valence-electron chi connectivity index (χ3n) is 6.02. The normalized spacial score (nSPS) is 13.1. The van der Waals surface area contributed by atoms with Crippen LogP contribution in [-0.2, 0) is 4.79 Å². The van der Waals surface area contributed by atoms with Gasteiger partial charge < -0.3 is 25.2 Å². The number of carbonyl (C=O) groups is 3. The van der Waals surface area contributed by atoms with Crippen LogP contribution in [0.3, 0.4) is 0 Å². The van der Waals surface area contributed by atoms with E-state index in [2.05, 4.69) is 10.6 Å². The van der Waals surface area contributed by atoms with E-state index in [0.29, 0.717) is 48.5 Å². The number of nitrogens with one attached hydrogen (secondary N) is 2. The lowest BCUT2D eigenvalue weighted by molar-refractivity contribution is -0.131. The van der Waals surface area contributed by atoms with Crippen LogP contribution in [0, 0.1) is 0 Å². The summed E-state index contributed by atoms with van der Waals surface area (Å²) >= 11 is 0. The van der Waals surface area contributed by atoms with Crippen molar-refractivity contribution >= 4 is 42.4 Å². The van der Waals surface area contributed by atoms with Crippen LogP contribution in [0.25, 0.3) is 0 Å². The minimum absolute atomic E-state index is 0.111. The van der Waals surface area contributed by atoms with Crippen LogP contribution in [0.1, 0.15) is 20.7 Å². The highest BCUT2D eigenvalue weighted by Gasteiger charge is 2.26. The summed E-state index contributed by atoms with van der Waals surface area (Å²) in [5, 5.41) is 5.94. The molecule has 4 rings (SSSR count). The number of rotatable bonds is 7. The van der Waals surface area contributed by atoms with Crippen LogP contribution in [0.15, 0.2) is 72.8 Å². The van der Waals surface area contributed by atoms with Gasteiger partial charge in [-0.1, -0.05) is 29.7 Å². The van der Waals surface area contributed by atoms with Crippen molar-refractivity contribution in [2.75, 3.05) is 45.2 Å². The van der Waals surface area contributed by atoms with Crippen molar-refractivity contribution in [3.05, 3.63) is 83.9 Å². The first-order valence-corrected chi connectivity index (χ1v) is 11.7. The first-order chi connectivity index (χ1) is 17.4. The van der Waals surface area contributed by atoms with E-state index in [1.165, 1.54) is 7.11 Å². The second kappa shape index (κ2) is 11.4. The molecule has 3 amide bonds. The van der Waals surface area contributed by atoms with Gasteiger partial charge in [-0.2, -0.15) is 0 Å². The Labute approximate surface area is 211 Å². The van der Waals surface area contributed by atoms with Crippen molar-refractivity contribution in [1.82, 2.24) is 15.1 Å². The average Bonchev–Trinajstić information content (AvgIpc) is 2.92. The van der Waals surface area contributed by atoms with E-state index in [9.17, 15) is 14.4 Å². The van der Waals surface area contributed by atoms with Gasteiger partial charge in [0.25, 0.3) is 11.8 Å². The van der Waals surface area contributed by atoms with Gasteiger partial charge >= 0.3 is 0 Å². The molecule has 0 atom stereocenters. The molecule has 9 heteroatoms. The molecular weight excluding hydrogens is 455 g/mol. The molecule has 1 aliphatic heterocycles. The Morgan fingerprint density at radius 3 is 2.17 bits per heavy atom. The third-order valence-corrected chi connectivity index (χ3v) is 6.02. The van der Waals surface area contributed by atoms with Crippen LogP contribution in [0.2, 0.25) is 0 Å². The molecule has 0 saturated carbocycles. The number of amides is 3. The maximum atomic E-state index is 12.9. The zero-order valence-corrected chi connectivity index (χ0v) is 20.1. The van der Waals surface area contributed by atoms with Crippen LogP contribution in [0.5, 0.6) is 5.75 Å². The summed E-state index contributed by atoms with van der Waals surface area (Å²) < 4.78 is 5.19. The van der Waals surface area contributed by atoms with Gasteiger partial charge in [0.05, 0.1) is 13.7 Å². The average molecular weight is 482 g/mol. The predicted octanol–water partition coefficient (Wildman–Crippen LogP) is 1.95. The fourth-order valence-electron chi connectivity index (χ4n) is 3.94. The van der Waals surface area contributed by atoms with Crippen molar-refractivity contribution in [1.29, 1.82) is 0 Å². The summed E-state index contributed by atoms with van der Waals surface area (Å²) in [5.41, 5.74) is 3.04. The number of methoxy groups -OCH3 is 1. The van der Waals surface area contributed by atoms with Crippen molar-refractivity contribution in [2.45, 2.75) is 0 Å². The number of ether oxygens (including phenoxy) is 1. The summed E-state index contributed by atoms with van der Waals surface area (Å²) in [7, 11) is 7.50. The van der Waals surface area contributed by atoms with E-state index in [4.69, 9.17) is 12.6 Å². The number of carbonyl (C=O) groups excluding carboxylic acids is 3. The van der Waals surface area contributed by atoms with Gasteiger partial charge in [0.15, 0.2) is 0 Å². The summed E-state index contributed by atoms with van der Waals surface area (Å²) in [6.45, 7) is 1.41. The number of benzene rings is 3. The number of anilines is 2. The molecule has 2 N–H and O–H groups in total. The molecule has 2 radical (unpaired) electrons. The van der Waals surface area contributed by atoms with Crippen molar-refractivity contribution in [3.8, 4) is 5.75 Å². The molecule has 36 heavy (non-hydrogen) atoms. The maximum absolute atomic E-state index is 12.9. The largest absolute Gasteiger partial charge is 0.497 e. The predicted molar refractivity (Wildman–Crippen MR) is 139 cm³/mol. The molecule has 0 bridgehead atoms. The van der Waals surface area contributed by atoms with Gasteiger partial charge in [0, 0.05) is 48.7 Å². The first-order valence-electron chi connectivity index (χ1n) is 11.7. The van der Waals surface area contributed by atoms with Crippen molar-refractivity contribution < 1.29 is 19.1 Å². The van der Waals surface area contributed by atoms with E-state index in [1.807, 2.05) is 42.5 Å². The van der Waals surface area contributed by atoms with Crippen LogP contribution in [0.4, 0.5) is 11.4 Å². The van der Waals surface area contributed by atoms with Gasteiger partial charge in [-0.15, -0.1) is 0 Å². The monoisotopic (exact) mass is 482 g/mol. The van der Waals surface area contributed by atoms with Gasteiger partial charge in [0.2, 0.25) is 5.91 Å². The summed E-state index contributed by atoms with van der Waals surface area (Å²) in [4.78, 5) is 41.3. The molecule has 3 aromatic carbocycles.